The number of hydrogen-bond acceptors (Lipinski definition) is 3. The van der Waals surface area contributed by atoms with Crippen LogP contribution in [0, 0.1) is 6.92 Å². The average molecular weight is 288 g/mol. The predicted octanol–water partition coefficient (Wildman–Crippen LogP) is 2.40. The third kappa shape index (κ3) is 3.05. The van der Waals surface area contributed by atoms with E-state index in [0.717, 1.165) is 37.8 Å². The molecule has 1 amide bonds. The monoisotopic (exact) mass is 288 g/mol. The summed E-state index contributed by atoms with van der Waals surface area (Å²) in [4.78, 5) is 17.1. The van der Waals surface area contributed by atoms with Crippen molar-refractivity contribution in [1.82, 2.24) is 9.80 Å². The lowest BCUT2D eigenvalue weighted by Crippen LogP contribution is -2.51. The average Bonchev–Trinajstić information content (AvgIpc) is 3.01. The Morgan fingerprint density at radius 3 is 2.43 bits per heavy atom. The fourth-order valence-corrected chi connectivity index (χ4v) is 3.62. The molecule has 0 radical (unpaired) electrons. The number of aryl methyl sites for hydroxylation is 1. The van der Waals surface area contributed by atoms with Gasteiger partial charge in [-0.15, -0.1) is 0 Å². The molecule has 0 spiro atoms. The van der Waals surface area contributed by atoms with E-state index in [1.165, 1.54) is 25.7 Å². The lowest BCUT2D eigenvalue weighted by atomic mass is 10.1. The summed E-state index contributed by atoms with van der Waals surface area (Å²) in [5, 5.41) is 9.45. The SMILES string of the molecule is Cc1cc(O)ccc1C(=O)N1CCN(C2CCCC2)CC1. The van der Waals surface area contributed by atoms with Crippen molar-refractivity contribution in [3.05, 3.63) is 29.3 Å². The highest BCUT2D eigenvalue weighted by Crippen LogP contribution is 2.25. The molecule has 0 atom stereocenters. The Morgan fingerprint density at radius 2 is 1.81 bits per heavy atom. The highest BCUT2D eigenvalue weighted by atomic mass is 16.3. The lowest BCUT2D eigenvalue weighted by Gasteiger charge is -2.38. The number of phenolic OH excluding ortho intramolecular Hbond substituents is 1. The zero-order chi connectivity index (χ0) is 14.8. The molecule has 0 aromatic heterocycles. The van der Waals surface area contributed by atoms with Crippen LogP contribution in [-0.2, 0) is 0 Å². The maximum Gasteiger partial charge on any atom is 0.254 e. The standard InChI is InChI=1S/C17H24N2O2/c1-13-12-15(20)6-7-16(13)17(21)19-10-8-18(9-11-19)14-4-2-3-5-14/h6-7,12,14,20H,2-5,8-11H2,1H3. The number of nitrogens with zero attached hydrogens (tertiary/aromatic N) is 2. The molecule has 0 unspecified atom stereocenters. The first-order chi connectivity index (χ1) is 10.1. The van der Waals surface area contributed by atoms with Crippen LogP contribution in [-0.4, -0.2) is 53.0 Å². The van der Waals surface area contributed by atoms with Crippen LogP contribution in [0.15, 0.2) is 18.2 Å². The van der Waals surface area contributed by atoms with E-state index in [1.54, 1.807) is 18.2 Å². The number of piperazine rings is 1. The molecular formula is C17H24N2O2. The second-order valence-corrected chi connectivity index (χ2v) is 6.27. The van der Waals surface area contributed by atoms with Gasteiger partial charge in [-0.2, -0.15) is 0 Å². The Morgan fingerprint density at radius 1 is 1.14 bits per heavy atom. The van der Waals surface area contributed by atoms with E-state index in [2.05, 4.69) is 4.90 Å². The van der Waals surface area contributed by atoms with Crippen molar-refractivity contribution in [2.24, 2.45) is 0 Å². The number of amides is 1. The fraction of sp³-hybridized carbons (Fsp3) is 0.588. The highest BCUT2D eigenvalue weighted by molar-refractivity contribution is 5.95. The Bertz CT molecular complexity index is 516. The summed E-state index contributed by atoms with van der Waals surface area (Å²) < 4.78 is 0. The molecule has 0 bridgehead atoms. The number of benzene rings is 1. The maximum atomic E-state index is 12.6. The largest absolute Gasteiger partial charge is 0.508 e. The number of carbonyl (C=O) groups is 1. The summed E-state index contributed by atoms with van der Waals surface area (Å²) in [7, 11) is 0. The van der Waals surface area contributed by atoms with E-state index in [-0.39, 0.29) is 11.7 Å². The molecular weight excluding hydrogens is 264 g/mol. The minimum absolute atomic E-state index is 0.0959. The molecule has 1 aromatic carbocycles. The number of phenols is 1. The minimum Gasteiger partial charge on any atom is -0.508 e. The molecule has 2 aliphatic rings. The van der Waals surface area contributed by atoms with E-state index in [9.17, 15) is 9.90 Å². The van der Waals surface area contributed by atoms with Crippen LogP contribution in [0.4, 0.5) is 0 Å². The van der Waals surface area contributed by atoms with Gasteiger partial charge in [0.1, 0.15) is 5.75 Å². The third-order valence-electron chi connectivity index (χ3n) is 4.88. The zero-order valence-electron chi connectivity index (χ0n) is 12.7. The topological polar surface area (TPSA) is 43.8 Å². The third-order valence-corrected chi connectivity index (χ3v) is 4.88. The second-order valence-electron chi connectivity index (χ2n) is 6.27. The molecule has 1 N–H and O–H groups in total. The van der Waals surface area contributed by atoms with Gasteiger partial charge < -0.3 is 10.0 Å². The maximum absolute atomic E-state index is 12.6. The van der Waals surface area contributed by atoms with Crippen molar-refractivity contribution in [3.63, 3.8) is 0 Å². The van der Waals surface area contributed by atoms with Crippen LogP contribution in [0.3, 0.4) is 0 Å². The Labute approximate surface area is 126 Å². The summed E-state index contributed by atoms with van der Waals surface area (Å²) in [6.07, 6.45) is 5.36. The fourth-order valence-electron chi connectivity index (χ4n) is 3.62. The van der Waals surface area contributed by atoms with Crippen molar-refractivity contribution in [2.45, 2.75) is 38.6 Å². The van der Waals surface area contributed by atoms with Crippen LogP contribution in [0.2, 0.25) is 0 Å². The number of rotatable bonds is 2. The molecule has 1 aliphatic heterocycles. The van der Waals surface area contributed by atoms with Gasteiger partial charge in [-0.25, -0.2) is 0 Å². The van der Waals surface area contributed by atoms with Crippen molar-refractivity contribution in [3.8, 4) is 5.75 Å². The zero-order valence-corrected chi connectivity index (χ0v) is 12.7. The quantitative estimate of drug-likeness (QED) is 0.909. The number of hydrogen-bond donors (Lipinski definition) is 1. The molecule has 1 heterocycles. The molecule has 2 fully saturated rings. The molecule has 21 heavy (non-hydrogen) atoms. The number of aromatic hydroxyl groups is 1. The first kappa shape index (κ1) is 14.4. The molecule has 114 valence electrons. The Kier molecular flexibility index (Phi) is 4.15. The van der Waals surface area contributed by atoms with Crippen LogP contribution in [0.5, 0.6) is 5.75 Å². The van der Waals surface area contributed by atoms with Gasteiger partial charge in [0.2, 0.25) is 0 Å². The Balaban J connectivity index is 1.62. The van der Waals surface area contributed by atoms with Gasteiger partial charge in [0.15, 0.2) is 0 Å². The smallest absolute Gasteiger partial charge is 0.254 e. The Hall–Kier alpha value is -1.55. The van der Waals surface area contributed by atoms with Gasteiger partial charge in [0.25, 0.3) is 5.91 Å². The van der Waals surface area contributed by atoms with Gasteiger partial charge in [-0.05, 0) is 43.5 Å². The summed E-state index contributed by atoms with van der Waals surface area (Å²) in [5.74, 6) is 0.314. The van der Waals surface area contributed by atoms with Gasteiger partial charge in [-0.1, -0.05) is 12.8 Å². The molecule has 1 saturated heterocycles. The molecule has 4 nitrogen and oxygen atoms in total. The van der Waals surface area contributed by atoms with E-state index >= 15 is 0 Å². The summed E-state index contributed by atoms with van der Waals surface area (Å²) >= 11 is 0. The van der Waals surface area contributed by atoms with Crippen LogP contribution in [0.25, 0.3) is 0 Å². The normalized spacial score (nSPS) is 20.9. The first-order valence-corrected chi connectivity index (χ1v) is 7.98. The van der Waals surface area contributed by atoms with Crippen LogP contribution < -0.4 is 0 Å². The van der Waals surface area contributed by atoms with E-state index in [1.807, 2.05) is 11.8 Å². The van der Waals surface area contributed by atoms with Crippen molar-refractivity contribution < 1.29 is 9.90 Å². The van der Waals surface area contributed by atoms with Crippen LogP contribution in [0.1, 0.15) is 41.6 Å². The lowest BCUT2D eigenvalue weighted by molar-refractivity contribution is 0.0572. The highest BCUT2D eigenvalue weighted by Gasteiger charge is 2.28. The van der Waals surface area contributed by atoms with Gasteiger partial charge in [0.05, 0.1) is 0 Å². The second kappa shape index (κ2) is 6.06. The van der Waals surface area contributed by atoms with Gasteiger partial charge >= 0.3 is 0 Å². The minimum atomic E-state index is 0.0959. The summed E-state index contributed by atoms with van der Waals surface area (Å²) in [6, 6.07) is 5.73. The predicted molar refractivity (Wildman–Crippen MR) is 82.6 cm³/mol. The van der Waals surface area contributed by atoms with Gasteiger partial charge in [0, 0.05) is 37.8 Å². The van der Waals surface area contributed by atoms with Crippen LogP contribution >= 0.6 is 0 Å². The molecule has 1 saturated carbocycles. The van der Waals surface area contributed by atoms with E-state index in [0.29, 0.717) is 5.56 Å². The van der Waals surface area contributed by atoms with E-state index in [4.69, 9.17) is 0 Å². The van der Waals surface area contributed by atoms with E-state index < -0.39 is 0 Å². The molecule has 3 rings (SSSR count). The number of carbonyl (C=O) groups excluding carboxylic acids is 1. The first-order valence-electron chi connectivity index (χ1n) is 7.98. The van der Waals surface area contributed by atoms with Crippen molar-refractivity contribution in [1.29, 1.82) is 0 Å². The molecule has 1 aliphatic carbocycles. The molecule has 4 heteroatoms. The van der Waals surface area contributed by atoms with Crippen molar-refractivity contribution in [2.75, 3.05) is 26.2 Å². The summed E-state index contributed by atoms with van der Waals surface area (Å²) in [6.45, 7) is 5.49. The molecule has 1 aromatic rings. The van der Waals surface area contributed by atoms with Gasteiger partial charge in [-0.3, -0.25) is 9.69 Å². The van der Waals surface area contributed by atoms with Crippen molar-refractivity contribution >= 4 is 5.91 Å². The summed E-state index contributed by atoms with van der Waals surface area (Å²) in [5.41, 5.74) is 1.56.